The van der Waals surface area contributed by atoms with E-state index < -0.39 is 6.09 Å². The van der Waals surface area contributed by atoms with Crippen LogP contribution in [-0.2, 0) is 4.74 Å². The van der Waals surface area contributed by atoms with E-state index in [0.717, 1.165) is 5.56 Å². The van der Waals surface area contributed by atoms with Crippen LogP contribution in [-0.4, -0.2) is 12.7 Å². The summed E-state index contributed by atoms with van der Waals surface area (Å²) in [5.74, 6) is 6.11. The van der Waals surface area contributed by atoms with Gasteiger partial charge in [-0.1, -0.05) is 41.1 Å². The molecule has 112 valence electrons. The van der Waals surface area contributed by atoms with Crippen molar-refractivity contribution in [1.29, 1.82) is 0 Å². The summed E-state index contributed by atoms with van der Waals surface area (Å²) in [4.78, 5) is 11.6. The first kappa shape index (κ1) is 15.9. The molecule has 0 aliphatic heterocycles. The average Bonchev–Trinajstić information content (AvgIpc) is 2.48. The molecule has 1 N–H and O–H groups in total. The van der Waals surface area contributed by atoms with Crippen LogP contribution in [0.25, 0.3) is 0 Å². The van der Waals surface area contributed by atoms with Crippen LogP contribution in [0.4, 0.5) is 10.5 Å². The highest BCUT2D eigenvalue weighted by Gasteiger charge is 2.06. The number of carbonyl (C=O) groups excluding carboxylic acids is 1. The van der Waals surface area contributed by atoms with Crippen molar-refractivity contribution >= 4 is 23.4 Å². The summed E-state index contributed by atoms with van der Waals surface area (Å²) in [6.07, 6.45) is -0.525. The zero-order valence-electron chi connectivity index (χ0n) is 12.4. The molecule has 0 atom stereocenters. The first-order valence-corrected chi connectivity index (χ1v) is 7.28. The van der Waals surface area contributed by atoms with Gasteiger partial charge in [-0.25, -0.2) is 4.79 Å². The standard InChI is InChI=1S/C18H16ClNO2/c1-3-22-18(21)20-17-12-16(19)11-10-15(17)9-8-14-6-4-13(2)5-7-14/h4-7,10-12H,3H2,1-2H3,(H,20,21). The monoisotopic (exact) mass is 313 g/mol. The fraction of sp³-hybridized carbons (Fsp3) is 0.167. The molecular weight excluding hydrogens is 298 g/mol. The molecule has 2 aromatic rings. The Kier molecular flexibility index (Phi) is 5.46. The predicted molar refractivity (Wildman–Crippen MR) is 89.3 cm³/mol. The summed E-state index contributed by atoms with van der Waals surface area (Å²) in [6, 6.07) is 13.1. The third kappa shape index (κ3) is 4.54. The number of ether oxygens (including phenoxy) is 1. The van der Waals surface area contributed by atoms with Crippen LogP contribution >= 0.6 is 11.6 Å². The Morgan fingerprint density at radius 1 is 1.18 bits per heavy atom. The van der Waals surface area contributed by atoms with E-state index in [1.165, 1.54) is 5.56 Å². The second-order valence-corrected chi connectivity index (χ2v) is 5.09. The number of aryl methyl sites for hydroxylation is 1. The van der Waals surface area contributed by atoms with E-state index in [1.54, 1.807) is 25.1 Å². The summed E-state index contributed by atoms with van der Waals surface area (Å²) in [5.41, 5.74) is 3.30. The molecule has 0 saturated heterocycles. The molecule has 0 heterocycles. The maximum atomic E-state index is 11.6. The number of benzene rings is 2. The molecule has 4 heteroatoms. The topological polar surface area (TPSA) is 38.3 Å². The van der Waals surface area contributed by atoms with Crippen LogP contribution in [0.15, 0.2) is 42.5 Å². The zero-order chi connectivity index (χ0) is 15.9. The predicted octanol–water partition coefficient (Wildman–Crippen LogP) is 4.62. The van der Waals surface area contributed by atoms with Gasteiger partial charge < -0.3 is 4.74 Å². The van der Waals surface area contributed by atoms with Gasteiger partial charge in [-0.15, -0.1) is 0 Å². The second kappa shape index (κ2) is 7.53. The molecule has 0 saturated carbocycles. The molecular formula is C18H16ClNO2. The van der Waals surface area contributed by atoms with Crippen LogP contribution in [0.2, 0.25) is 5.02 Å². The summed E-state index contributed by atoms with van der Waals surface area (Å²) < 4.78 is 4.88. The van der Waals surface area contributed by atoms with Crippen LogP contribution in [0, 0.1) is 18.8 Å². The summed E-state index contributed by atoms with van der Waals surface area (Å²) >= 11 is 5.97. The van der Waals surface area contributed by atoms with Crippen LogP contribution in [0.1, 0.15) is 23.6 Å². The van der Waals surface area contributed by atoms with E-state index in [2.05, 4.69) is 17.2 Å². The minimum Gasteiger partial charge on any atom is -0.450 e. The van der Waals surface area contributed by atoms with Gasteiger partial charge in [-0.05, 0) is 44.2 Å². The van der Waals surface area contributed by atoms with Gasteiger partial charge in [0.25, 0.3) is 0 Å². The van der Waals surface area contributed by atoms with Crippen LogP contribution in [0.3, 0.4) is 0 Å². The Bertz CT molecular complexity index is 727. The lowest BCUT2D eigenvalue weighted by atomic mass is 10.1. The highest BCUT2D eigenvalue weighted by molar-refractivity contribution is 6.31. The lowest BCUT2D eigenvalue weighted by Crippen LogP contribution is -2.14. The molecule has 3 nitrogen and oxygen atoms in total. The molecule has 0 bridgehead atoms. The summed E-state index contributed by atoms with van der Waals surface area (Å²) in [6.45, 7) is 4.07. The molecule has 0 spiro atoms. The number of nitrogens with one attached hydrogen (secondary N) is 1. The molecule has 0 radical (unpaired) electrons. The van der Waals surface area contributed by atoms with Crippen molar-refractivity contribution in [1.82, 2.24) is 0 Å². The first-order chi connectivity index (χ1) is 10.6. The minimum absolute atomic E-state index is 0.302. The largest absolute Gasteiger partial charge is 0.450 e. The molecule has 0 aromatic heterocycles. The fourth-order valence-electron chi connectivity index (χ4n) is 1.78. The van der Waals surface area contributed by atoms with E-state index in [9.17, 15) is 4.79 Å². The molecule has 2 aromatic carbocycles. The summed E-state index contributed by atoms with van der Waals surface area (Å²) in [5, 5.41) is 3.17. The van der Waals surface area contributed by atoms with Crippen LogP contribution < -0.4 is 5.32 Å². The molecule has 22 heavy (non-hydrogen) atoms. The van der Waals surface area contributed by atoms with E-state index in [4.69, 9.17) is 16.3 Å². The Morgan fingerprint density at radius 3 is 2.59 bits per heavy atom. The number of anilines is 1. The zero-order valence-corrected chi connectivity index (χ0v) is 13.2. The number of carbonyl (C=O) groups is 1. The van der Waals surface area contributed by atoms with Crippen LogP contribution in [0.5, 0.6) is 0 Å². The van der Waals surface area contributed by atoms with E-state index in [1.807, 2.05) is 31.2 Å². The highest BCUT2D eigenvalue weighted by Crippen LogP contribution is 2.20. The molecule has 0 fully saturated rings. The maximum Gasteiger partial charge on any atom is 0.411 e. The van der Waals surface area contributed by atoms with Gasteiger partial charge in [0, 0.05) is 16.1 Å². The summed E-state index contributed by atoms with van der Waals surface area (Å²) in [7, 11) is 0. The molecule has 0 aliphatic rings. The van der Waals surface area contributed by atoms with Gasteiger partial charge >= 0.3 is 6.09 Å². The van der Waals surface area contributed by atoms with E-state index in [0.29, 0.717) is 22.9 Å². The molecule has 1 amide bonds. The van der Waals surface area contributed by atoms with Gasteiger partial charge in [0.1, 0.15) is 0 Å². The normalized spacial score (nSPS) is 9.59. The van der Waals surface area contributed by atoms with Crippen molar-refractivity contribution in [3.05, 3.63) is 64.2 Å². The third-order valence-corrected chi connectivity index (χ3v) is 3.12. The van der Waals surface area contributed by atoms with Crippen molar-refractivity contribution in [3.8, 4) is 11.8 Å². The smallest absolute Gasteiger partial charge is 0.411 e. The Labute approximate surface area is 135 Å². The van der Waals surface area contributed by atoms with Crippen molar-refractivity contribution < 1.29 is 9.53 Å². The van der Waals surface area contributed by atoms with Gasteiger partial charge in [0.2, 0.25) is 0 Å². The number of hydrogen-bond acceptors (Lipinski definition) is 2. The Hall–Kier alpha value is -2.44. The van der Waals surface area contributed by atoms with Gasteiger partial charge in [-0.3, -0.25) is 5.32 Å². The Balaban J connectivity index is 2.27. The second-order valence-electron chi connectivity index (χ2n) is 4.65. The SMILES string of the molecule is CCOC(=O)Nc1cc(Cl)ccc1C#Cc1ccc(C)cc1. The lowest BCUT2D eigenvalue weighted by Gasteiger charge is -2.07. The van der Waals surface area contributed by atoms with Gasteiger partial charge in [0.15, 0.2) is 0 Å². The average molecular weight is 314 g/mol. The maximum absolute atomic E-state index is 11.6. The van der Waals surface area contributed by atoms with Crippen molar-refractivity contribution in [2.24, 2.45) is 0 Å². The molecule has 0 aliphatic carbocycles. The third-order valence-electron chi connectivity index (χ3n) is 2.89. The van der Waals surface area contributed by atoms with Gasteiger partial charge in [-0.2, -0.15) is 0 Å². The Morgan fingerprint density at radius 2 is 1.91 bits per heavy atom. The molecule has 0 unspecified atom stereocenters. The number of rotatable bonds is 2. The minimum atomic E-state index is -0.525. The number of halogens is 1. The quantitative estimate of drug-likeness (QED) is 0.822. The van der Waals surface area contributed by atoms with Gasteiger partial charge in [0.05, 0.1) is 12.3 Å². The number of amides is 1. The highest BCUT2D eigenvalue weighted by atomic mass is 35.5. The van der Waals surface area contributed by atoms with Crippen molar-refractivity contribution in [2.45, 2.75) is 13.8 Å². The number of hydrogen-bond donors (Lipinski definition) is 1. The molecule has 2 rings (SSSR count). The van der Waals surface area contributed by atoms with Crippen molar-refractivity contribution in [3.63, 3.8) is 0 Å². The van der Waals surface area contributed by atoms with E-state index in [-0.39, 0.29) is 0 Å². The van der Waals surface area contributed by atoms with E-state index >= 15 is 0 Å². The first-order valence-electron chi connectivity index (χ1n) is 6.90. The lowest BCUT2D eigenvalue weighted by molar-refractivity contribution is 0.168. The van der Waals surface area contributed by atoms with Crippen molar-refractivity contribution in [2.75, 3.05) is 11.9 Å². The fourth-order valence-corrected chi connectivity index (χ4v) is 1.95.